The van der Waals surface area contributed by atoms with Gasteiger partial charge in [0.05, 0.1) is 12.2 Å². The number of rotatable bonds is 2. The van der Waals surface area contributed by atoms with E-state index in [1.54, 1.807) is 4.90 Å². The van der Waals surface area contributed by atoms with Crippen molar-refractivity contribution in [2.75, 3.05) is 11.5 Å². The fraction of sp³-hybridized carbons (Fsp3) is 0.133. The molecular weight excluding hydrogens is 480 g/mol. The topological polar surface area (TPSA) is 29.5 Å². The van der Waals surface area contributed by atoms with Gasteiger partial charge in [-0.1, -0.05) is 12.1 Å². The van der Waals surface area contributed by atoms with Gasteiger partial charge in [-0.15, -0.1) is 0 Å². The van der Waals surface area contributed by atoms with Crippen molar-refractivity contribution >= 4 is 56.8 Å². The number of nitrogens with zero attached hydrogens (tertiary/aromatic N) is 1. The number of ether oxygens (including phenoxy) is 1. The van der Waals surface area contributed by atoms with Gasteiger partial charge in [0.1, 0.15) is 5.75 Å². The molecule has 0 atom stereocenters. The van der Waals surface area contributed by atoms with E-state index in [0.29, 0.717) is 6.54 Å². The highest BCUT2D eigenvalue weighted by Crippen LogP contribution is 2.34. The molecule has 5 heteroatoms. The second kappa shape index (κ2) is 5.88. The van der Waals surface area contributed by atoms with Crippen LogP contribution in [-0.4, -0.2) is 12.5 Å². The highest BCUT2D eigenvalue weighted by Gasteiger charge is 2.25. The zero-order chi connectivity index (χ0) is 14.1. The molecule has 102 valence electrons. The Bertz CT molecular complexity index is 655. The fourth-order valence-electron chi connectivity index (χ4n) is 2.12. The summed E-state index contributed by atoms with van der Waals surface area (Å²) in [4.78, 5) is 13.9. The molecule has 2 aromatic rings. The SMILES string of the molecule is O=C1COc2ccc(I)cc2N1Cc1ccc(I)cc1. The third kappa shape index (κ3) is 2.93. The first-order valence-corrected chi connectivity index (χ1v) is 8.26. The van der Waals surface area contributed by atoms with Gasteiger partial charge in [-0.2, -0.15) is 0 Å². The standard InChI is InChI=1S/C15H11I2NO2/c16-11-3-1-10(2-4-11)8-18-13-7-12(17)5-6-14(13)20-9-15(18)19/h1-7H,8-9H2. The van der Waals surface area contributed by atoms with Crippen molar-refractivity contribution in [2.45, 2.75) is 6.54 Å². The average Bonchev–Trinajstić information content (AvgIpc) is 2.44. The van der Waals surface area contributed by atoms with E-state index in [1.807, 2.05) is 18.2 Å². The molecule has 0 unspecified atom stereocenters. The van der Waals surface area contributed by atoms with Gasteiger partial charge >= 0.3 is 0 Å². The Hall–Kier alpha value is -0.830. The van der Waals surface area contributed by atoms with Crippen LogP contribution in [0.5, 0.6) is 5.75 Å². The molecule has 3 rings (SSSR count). The normalized spacial score (nSPS) is 13.9. The first kappa shape index (κ1) is 14.1. The van der Waals surface area contributed by atoms with Crippen LogP contribution in [0.2, 0.25) is 0 Å². The summed E-state index contributed by atoms with van der Waals surface area (Å²) in [5.74, 6) is 0.772. The Morgan fingerprint density at radius 3 is 2.50 bits per heavy atom. The summed E-state index contributed by atoms with van der Waals surface area (Å²) in [6, 6.07) is 14.1. The van der Waals surface area contributed by atoms with E-state index >= 15 is 0 Å². The van der Waals surface area contributed by atoms with Gasteiger partial charge in [0.15, 0.2) is 6.61 Å². The quantitative estimate of drug-likeness (QED) is 0.599. The summed E-state index contributed by atoms with van der Waals surface area (Å²) in [5, 5.41) is 0. The lowest BCUT2D eigenvalue weighted by Crippen LogP contribution is -2.38. The second-order valence-electron chi connectivity index (χ2n) is 4.51. The maximum Gasteiger partial charge on any atom is 0.265 e. The van der Waals surface area contributed by atoms with Crippen LogP contribution in [0.3, 0.4) is 0 Å². The lowest BCUT2D eigenvalue weighted by molar-refractivity contribution is -0.121. The molecule has 2 aromatic carbocycles. The number of amides is 1. The number of benzene rings is 2. The van der Waals surface area contributed by atoms with Crippen LogP contribution in [0.15, 0.2) is 42.5 Å². The van der Waals surface area contributed by atoms with Gasteiger partial charge in [-0.05, 0) is 81.1 Å². The minimum Gasteiger partial charge on any atom is -0.482 e. The number of halogens is 2. The molecule has 0 saturated heterocycles. The number of anilines is 1. The zero-order valence-corrected chi connectivity index (χ0v) is 14.8. The first-order chi connectivity index (χ1) is 9.63. The molecule has 1 amide bonds. The van der Waals surface area contributed by atoms with Crippen molar-refractivity contribution in [3.63, 3.8) is 0 Å². The smallest absolute Gasteiger partial charge is 0.265 e. The van der Waals surface area contributed by atoms with E-state index < -0.39 is 0 Å². The van der Waals surface area contributed by atoms with Crippen LogP contribution in [0.25, 0.3) is 0 Å². The maximum atomic E-state index is 12.1. The van der Waals surface area contributed by atoms with Crippen LogP contribution in [-0.2, 0) is 11.3 Å². The molecular formula is C15H11I2NO2. The van der Waals surface area contributed by atoms with Gasteiger partial charge in [0.2, 0.25) is 0 Å². The van der Waals surface area contributed by atoms with Gasteiger partial charge in [0.25, 0.3) is 5.91 Å². The number of carbonyl (C=O) groups is 1. The lowest BCUT2D eigenvalue weighted by atomic mass is 10.1. The van der Waals surface area contributed by atoms with Crippen molar-refractivity contribution in [2.24, 2.45) is 0 Å². The highest BCUT2D eigenvalue weighted by atomic mass is 127. The second-order valence-corrected chi connectivity index (χ2v) is 7.00. The minimum atomic E-state index is -0.00181. The fourth-order valence-corrected chi connectivity index (χ4v) is 2.96. The van der Waals surface area contributed by atoms with E-state index in [9.17, 15) is 4.79 Å². The molecule has 1 aliphatic heterocycles. The van der Waals surface area contributed by atoms with Crippen LogP contribution in [0.4, 0.5) is 5.69 Å². The summed E-state index contributed by atoms with van der Waals surface area (Å²) in [6.45, 7) is 0.685. The number of hydrogen-bond donors (Lipinski definition) is 0. The van der Waals surface area contributed by atoms with E-state index in [1.165, 1.54) is 3.57 Å². The third-order valence-corrected chi connectivity index (χ3v) is 4.51. The van der Waals surface area contributed by atoms with Crippen molar-refractivity contribution in [1.29, 1.82) is 0 Å². The summed E-state index contributed by atoms with van der Waals surface area (Å²) in [6.07, 6.45) is 0. The summed E-state index contributed by atoms with van der Waals surface area (Å²) in [7, 11) is 0. The van der Waals surface area contributed by atoms with Gasteiger partial charge in [-0.3, -0.25) is 4.79 Å². The molecule has 0 aromatic heterocycles. The van der Waals surface area contributed by atoms with Crippen LogP contribution in [0, 0.1) is 7.14 Å². The molecule has 0 N–H and O–H groups in total. The summed E-state index contributed by atoms with van der Waals surface area (Å²) < 4.78 is 7.76. The van der Waals surface area contributed by atoms with Gasteiger partial charge in [-0.25, -0.2) is 0 Å². The predicted octanol–water partition coefficient (Wildman–Crippen LogP) is 3.82. The van der Waals surface area contributed by atoms with Crippen LogP contribution in [0.1, 0.15) is 5.56 Å². The van der Waals surface area contributed by atoms with Crippen molar-refractivity contribution in [1.82, 2.24) is 0 Å². The molecule has 0 bridgehead atoms. The number of carbonyl (C=O) groups excluding carboxylic acids is 1. The summed E-state index contributed by atoms with van der Waals surface area (Å²) in [5.41, 5.74) is 1.97. The zero-order valence-electron chi connectivity index (χ0n) is 10.5. The minimum absolute atomic E-state index is 0.00181. The first-order valence-electron chi connectivity index (χ1n) is 6.10. The molecule has 0 spiro atoms. The molecule has 1 aliphatic rings. The molecule has 0 aliphatic carbocycles. The molecule has 3 nitrogen and oxygen atoms in total. The molecule has 0 radical (unpaired) electrons. The molecule has 0 saturated carbocycles. The van der Waals surface area contributed by atoms with E-state index in [0.717, 1.165) is 20.6 Å². The van der Waals surface area contributed by atoms with E-state index in [2.05, 4.69) is 69.4 Å². The Morgan fingerprint density at radius 1 is 1.05 bits per heavy atom. The maximum absolute atomic E-state index is 12.1. The van der Waals surface area contributed by atoms with Gasteiger partial charge in [0, 0.05) is 7.14 Å². The van der Waals surface area contributed by atoms with Crippen molar-refractivity contribution in [3.8, 4) is 5.75 Å². The average molecular weight is 491 g/mol. The molecule has 20 heavy (non-hydrogen) atoms. The monoisotopic (exact) mass is 491 g/mol. The molecule has 0 fully saturated rings. The summed E-state index contributed by atoms with van der Waals surface area (Å²) >= 11 is 4.52. The van der Waals surface area contributed by atoms with Crippen molar-refractivity contribution in [3.05, 3.63) is 55.2 Å². The Morgan fingerprint density at radius 2 is 1.75 bits per heavy atom. The Labute approximate surface area is 144 Å². The largest absolute Gasteiger partial charge is 0.482 e. The van der Waals surface area contributed by atoms with Crippen LogP contribution < -0.4 is 9.64 Å². The Balaban J connectivity index is 1.94. The van der Waals surface area contributed by atoms with Gasteiger partial charge < -0.3 is 9.64 Å². The highest BCUT2D eigenvalue weighted by molar-refractivity contribution is 14.1. The van der Waals surface area contributed by atoms with Crippen molar-refractivity contribution < 1.29 is 9.53 Å². The lowest BCUT2D eigenvalue weighted by Gasteiger charge is -2.29. The number of hydrogen-bond acceptors (Lipinski definition) is 2. The van der Waals surface area contributed by atoms with Crippen LogP contribution >= 0.6 is 45.2 Å². The Kier molecular flexibility index (Phi) is 4.16. The van der Waals surface area contributed by atoms with E-state index in [4.69, 9.17) is 4.74 Å². The van der Waals surface area contributed by atoms with E-state index in [-0.39, 0.29) is 12.5 Å². The molecule has 1 heterocycles. The number of fused-ring (bicyclic) bond motifs is 1. The third-order valence-electron chi connectivity index (χ3n) is 3.12. The predicted molar refractivity (Wildman–Crippen MR) is 95.0 cm³/mol.